The Morgan fingerprint density at radius 2 is 1.84 bits per heavy atom. The fraction of sp³-hybridized carbons (Fsp3) is 0.273. The van der Waals surface area contributed by atoms with Gasteiger partial charge in [-0.2, -0.15) is 0 Å². The summed E-state index contributed by atoms with van der Waals surface area (Å²) in [5.41, 5.74) is 8.08. The topological polar surface area (TPSA) is 112 Å². The van der Waals surface area contributed by atoms with Crippen LogP contribution in [0.2, 0.25) is 10.0 Å². The van der Waals surface area contributed by atoms with Gasteiger partial charge in [-0.05, 0) is 30.7 Å². The van der Waals surface area contributed by atoms with E-state index >= 15 is 0 Å². The van der Waals surface area contributed by atoms with E-state index in [1.54, 1.807) is 22.9 Å². The van der Waals surface area contributed by atoms with Gasteiger partial charge in [0, 0.05) is 18.5 Å². The lowest BCUT2D eigenvalue weighted by Crippen LogP contribution is -2.43. The van der Waals surface area contributed by atoms with Crippen LogP contribution in [0.25, 0.3) is 11.3 Å². The van der Waals surface area contributed by atoms with Crippen molar-refractivity contribution in [1.29, 1.82) is 0 Å². The molecule has 8 nitrogen and oxygen atoms in total. The third-order valence-electron chi connectivity index (χ3n) is 4.80. The van der Waals surface area contributed by atoms with E-state index < -0.39 is 17.9 Å². The van der Waals surface area contributed by atoms with Crippen LogP contribution in [0.1, 0.15) is 22.3 Å². The molecule has 1 heterocycles. The number of carbonyl (C=O) groups is 2. The van der Waals surface area contributed by atoms with Crippen molar-refractivity contribution in [2.75, 3.05) is 13.7 Å². The van der Waals surface area contributed by atoms with Crippen molar-refractivity contribution in [2.45, 2.75) is 25.4 Å². The lowest BCUT2D eigenvalue weighted by Gasteiger charge is -2.17. The number of nitrogens with one attached hydrogen (secondary N) is 1. The van der Waals surface area contributed by atoms with Gasteiger partial charge in [0.05, 0.1) is 28.9 Å². The lowest BCUT2D eigenvalue weighted by molar-refractivity contribution is -0.142. The molecule has 3 rings (SSSR count). The number of aromatic nitrogens is 3. The van der Waals surface area contributed by atoms with Crippen molar-refractivity contribution < 1.29 is 14.3 Å². The van der Waals surface area contributed by atoms with E-state index in [1.165, 1.54) is 7.11 Å². The molecule has 0 radical (unpaired) electrons. The van der Waals surface area contributed by atoms with Crippen LogP contribution in [-0.2, 0) is 22.5 Å². The molecule has 0 aliphatic carbocycles. The van der Waals surface area contributed by atoms with Gasteiger partial charge in [0.15, 0.2) is 0 Å². The fourth-order valence-corrected chi connectivity index (χ4v) is 3.69. The second kappa shape index (κ2) is 11.1. The van der Waals surface area contributed by atoms with Crippen LogP contribution in [-0.4, -0.2) is 46.6 Å². The van der Waals surface area contributed by atoms with Gasteiger partial charge in [0.25, 0.3) is 5.91 Å². The standard InChI is InChI=1S/C22H23Cl2N5O3/c1-32-22(31)18(26-21(30)20-16(23)4-2-5-17(20)24)12-14-6-8-15(9-7-14)19-13-29(28-27-19)11-3-10-25/h2,4-9,13,18H,3,10-12,25H2,1H3,(H,26,30)/t18-/m0/s1. The number of esters is 1. The number of hydrogen-bond donors (Lipinski definition) is 2. The maximum atomic E-state index is 12.7. The molecule has 0 fully saturated rings. The zero-order valence-corrected chi connectivity index (χ0v) is 18.9. The highest BCUT2D eigenvalue weighted by molar-refractivity contribution is 6.39. The van der Waals surface area contributed by atoms with Gasteiger partial charge in [-0.1, -0.05) is 58.7 Å². The first-order valence-electron chi connectivity index (χ1n) is 9.95. The maximum absolute atomic E-state index is 12.7. The van der Waals surface area contributed by atoms with Crippen molar-refractivity contribution in [1.82, 2.24) is 20.3 Å². The van der Waals surface area contributed by atoms with Crippen LogP contribution in [0.15, 0.2) is 48.7 Å². The number of amides is 1. The molecule has 1 atom stereocenters. The summed E-state index contributed by atoms with van der Waals surface area (Å²) in [4.78, 5) is 25.0. The van der Waals surface area contributed by atoms with Gasteiger partial charge in [-0.15, -0.1) is 5.10 Å². The molecular weight excluding hydrogens is 453 g/mol. The van der Waals surface area contributed by atoms with Gasteiger partial charge in [0.1, 0.15) is 11.7 Å². The predicted octanol–water partition coefficient (Wildman–Crippen LogP) is 3.11. The molecule has 3 N–H and O–H groups in total. The first kappa shape index (κ1) is 23.7. The number of methoxy groups -OCH3 is 1. The molecule has 32 heavy (non-hydrogen) atoms. The highest BCUT2D eigenvalue weighted by atomic mass is 35.5. The molecule has 0 bridgehead atoms. The molecule has 0 unspecified atom stereocenters. The van der Waals surface area contributed by atoms with Crippen LogP contribution >= 0.6 is 23.2 Å². The average molecular weight is 476 g/mol. The number of aryl methyl sites for hydroxylation is 1. The average Bonchev–Trinajstić information content (AvgIpc) is 3.26. The quantitative estimate of drug-likeness (QED) is 0.459. The summed E-state index contributed by atoms with van der Waals surface area (Å²) in [5.74, 6) is -1.13. The fourth-order valence-electron chi connectivity index (χ4n) is 3.12. The molecule has 168 valence electrons. The van der Waals surface area contributed by atoms with E-state index in [4.69, 9.17) is 33.7 Å². The van der Waals surface area contributed by atoms with Gasteiger partial charge >= 0.3 is 5.97 Å². The summed E-state index contributed by atoms with van der Waals surface area (Å²) >= 11 is 12.2. The summed E-state index contributed by atoms with van der Waals surface area (Å²) in [6.45, 7) is 1.29. The lowest BCUT2D eigenvalue weighted by atomic mass is 10.0. The molecule has 3 aromatic rings. The van der Waals surface area contributed by atoms with E-state index in [0.717, 1.165) is 23.2 Å². The molecule has 0 spiro atoms. The second-order valence-electron chi connectivity index (χ2n) is 7.06. The van der Waals surface area contributed by atoms with Crippen molar-refractivity contribution in [3.63, 3.8) is 0 Å². The van der Waals surface area contributed by atoms with E-state index in [-0.39, 0.29) is 22.0 Å². The Kier molecular flexibility index (Phi) is 8.21. The van der Waals surface area contributed by atoms with Crippen LogP contribution in [0.5, 0.6) is 0 Å². The van der Waals surface area contributed by atoms with Crippen LogP contribution in [0.4, 0.5) is 0 Å². The van der Waals surface area contributed by atoms with Crippen molar-refractivity contribution >= 4 is 35.1 Å². The Hall–Kier alpha value is -2.94. The molecule has 10 heteroatoms. The van der Waals surface area contributed by atoms with Crippen LogP contribution in [0, 0.1) is 0 Å². The van der Waals surface area contributed by atoms with Gasteiger partial charge < -0.3 is 15.8 Å². The number of carbonyl (C=O) groups excluding carboxylic acids is 2. The number of halogens is 2. The van der Waals surface area contributed by atoms with Crippen molar-refractivity contribution in [3.8, 4) is 11.3 Å². The first-order chi connectivity index (χ1) is 15.4. The minimum atomic E-state index is -0.914. The first-order valence-corrected chi connectivity index (χ1v) is 10.7. The molecule has 0 aliphatic rings. The third-order valence-corrected chi connectivity index (χ3v) is 5.43. The molecule has 0 saturated heterocycles. The smallest absolute Gasteiger partial charge is 0.328 e. The number of benzene rings is 2. The number of nitrogens with two attached hydrogens (primary N) is 1. The summed E-state index contributed by atoms with van der Waals surface area (Å²) in [7, 11) is 1.26. The Balaban J connectivity index is 1.72. The van der Waals surface area contributed by atoms with Crippen molar-refractivity contribution in [3.05, 3.63) is 69.8 Å². The molecule has 2 aromatic carbocycles. The Morgan fingerprint density at radius 1 is 1.16 bits per heavy atom. The molecule has 1 amide bonds. The van der Waals surface area contributed by atoms with Crippen molar-refractivity contribution in [2.24, 2.45) is 5.73 Å². The Morgan fingerprint density at radius 3 is 2.47 bits per heavy atom. The highest BCUT2D eigenvalue weighted by Crippen LogP contribution is 2.24. The highest BCUT2D eigenvalue weighted by Gasteiger charge is 2.25. The normalized spacial score (nSPS) is 11.8. The Bertz CT molecular complexity index is 1070. The van der Waals surface area contributed by atoms with E-state index in [2.05, 4.69) is 15.6 Å². The molecule has 0 aliphatic heterocycles. The maximum Gasteiger partial charge on any atom is 0.328 e. The second-order valence-corrected chi connectivity index (χ2v) is 7.87. The van der Waals surface area contributed by atoms with Crippen LogP contribution in [0.3, 0.4) is 0 Å². The number of rotatable bonds is 9. The van der Waals surface area contributed by atoms with Crippen LogP contribution < -0.4 is 11.1 Å². The predicted molar refractivity (Wildman–Crippen MR) is 123 cm³/mol. The molecular formula is C22H23Cl2N5O3. The zero-order chi connectivity index (χ0) is 23.1. The van der Waals surface area contributed by atoms with Gasteiger partial charge in [-0.25, -0.2) is 4.79 Å². The summed E-state index contributed by atoms with van der Waals surface area (Å²) < 4.78 is 6.61. The van der Waals surface area contributed by atoms with Gasteiger partial charge in [0.2, 0.25) is 0 Å². The summed E-state index contributed by atoms with van der Waals surface area (Å²) in [6, 6.07) is 11.3. The minimum absolute atomic E-state index is 0.109. The van der Waals surface area contributed by atoms with E-state index in [1.807, 2.05) is 30.5 Å². The SMILES string of the molecule is COC(=O)[C@H](Cc1ccc(-c2cn(CCCN)nn2)cc1)NC(=O)c1c(Cl)cccc1Cl. The van der Waals surface area contributed by atoms with E-state index in [0.29, 0.717) is 13.1 Å². The van der Waals surface area contributed by atoms with E-state index in [9.17, 15) is 9.59 Å². The van der Waals surface area contributed by atoms with Gasteiger partial charge in [-0.3, -0.25) is 9.48 Å². The number of hydrogen-bond acceptors (Lipinski definition) is 6. The number of nitrogens with zero attached hydrogens (tertiary/aromatic N) is 3. The zero-order valence-electron chi connectivity index (χ0n) is 17.4. The largest absolute Gasteiger partial charge is 0.467 e. The Labute approximate surface area is 195 Å². The molecule has 0 saturated carbocycles. The molecule has 1 aromatic heterocycles. The number of ether oxygens (including phenoxy) is 1. The monoisotopic (exact) mass is 475 g/mol. The minimum Gasteiger partial charge on any atom is -0.467 e. The summed E-state index contributed by atoms with van der Waals surface area (Å²) in [6.07, 6.45) is 2.90. The third kappa shape index (κ3) is 5.85. The summed E-state index contributed by atoms with van der Waals surface area (Å²) in [5, 5.41) is 11.3.